The van der Waals surface area contributed by atoms with Crippen molar-refractivity contribution in [2.45, 2.75) is 59.3 Å². The zero-order valence-electron chi connectivity index (χ0n) is 19.7. The van der Waals surface area contributed by atoms with Gasteiger partial charge in [0.15, 0.2) is 0 Å². The molecule has 0 radical (unpaired) electrons. The highest BCUT2D eigenvalue weighted by molar-refractivity contribution is 5.75. The molecule has 0 aliphatic carbocycles. The van der Waals surface area contributed by atoms with Crippen LogP contribution in [-0.2, 0) is 37.4 Å². The van der Waals surface area contributed by atoms with Gasteiger partial charge in [-0.05, 0) is 18.1 Å². The fourth-order valence-corrected chi connectivity index (χ4v) is 4.38. The van der Waals surface area contributed by atoms with Gasteiger partial charge < -0.3 is 5.32 Å². The molecule has 0 spiro atoms. The number of benzene rings is 2. The summed E-state index contributed by atoms with van der Waals surface area (Å²) in [5.41, 5.74) is 4.92. The van der Waals surface area contributed by atoms with E-state index in [0.29, 0.717) is 24.5 Å². The second-order valence-corrected chi connectivity index (χ2v) is 9.15. The van der Waals surface area contributed by atoms with Crippen LogP contribution in [0.2, 0.25) is 0 Å². The summed E-state index contributed by atoms with van der Waals surface area (Å²) in [5, 5.41) is 2.95. The molecule has 172 valence electrons. The second-order valence-electron chi connectivity index (χ2n) is 9.15. The highest BCUT2D eigenvalue weighted by Gasteiger charge is 2.25. The predicted octanol–water partition coefficient (Wildman–Crippen LogP) is 3.55. The maximum atomic E-state index is 13.5. The van der Waals surface area contributed by atoms with Crippen LogP contribution in [0.4, 0.5) is 0 Å². The standard InChI is InChI=1S/C27H32N4O2/c1-19(2)26-29-24-12-13-30(16-21-9-5-4-6-10-21)17-23(24)27(33)31(26)18-25(32)28-15-22-11-7-8-20(3)14-22/h4-11,14,19H,12-13,15-18H2,1-3H3,(H,28,32). The number of carbonyl (C=O) groups excluding carboxylic acids is 1. The van der Waals surface area contributed by atoms with Crippen LogP contribution in [0, 0.1) is 6.92 Å². The molecule has 0 saturated carbocycles. The van der Waals surface area contributed by atoms with Crippen molar-refractivity contribution in [2.24, 2.45) is 0 Å². The van der Waals surface area contributed by atoms with Gasteiger partial charge in [0.25, 0.3) is 5.56 Å². The molecule has 1 aromatic heterocycles. The SMILES string of the molecule is Cc1cccc(CNC(=O)Cn2c(C(C)C)nc3c(c2=O)CN(Cc2ccccc2)CC3)c1. The van der Waals surface area contributed by atoms with Gasteiger partial charge in [-0.1, -0.05) is 74.0 Å². The number of nitrogens with zero attached hydrogens (tertiary/aromatic N) is 3. The van der Waals surface area contributed by atoms with Gasteiger partial charge in [-0.2, -0.15) is 0 Å². The molecule has 6 heteroatoms. The summed E-state index contributed by atoms with van der Waals surface area (Å²) >= 11 is 0. The van der Waals surface area contributed by atoms with Crippen LogP contribution in [0.25, 0.3) is 0 Å². The second kappa shape index (κ2) is 10.1. The number of fused-ring (bicyclic) bond motifs is 1. The Morgan fingerprint density at radius 1 is 1.09 bits per heavy atom. The molecule has 6 nitrogen and oxygen atoms in total. The number of carbonyl (C=O) groups is 1. The summed E-state index contributed by atoms with van der Waals surface area (Å²) in [7, 11) is 0. The lowest BCUT2D eigenvalue weighted by Crippen LogP contribution is -2.41. The van der Waals surface area contributed by atoms with Gasteiger partial charge in [0.1, 0.15) is 12.4 Å². The maximum absolute atomic E-state index is 13.5. The molecule has 1 aliphatic heterocycles. The van der Waals surface area contributed by atoms with Crippen molar-refractivity contribution in [1.29, 1.82) is 0 Å². The molecule has 0 atom stereocenters. The smallest absolute Gasteiger partial charge is 0.258 e. The third-order valence-corrected chi connectivity index (χ3v) is 6.06. The van der Waals surface area contributed by atoms with Crippen LogP contribution in [-0.4, -0.2) is 26.9 Å². The largest absolute Gasteiger partial charge is 0.350 e. The van der Waals surface area contributed by atoms with Crippen LogP contribution in [0.1, 0.15) is 53.5 Å². The third-order valence-electron chi connectivity index (χ3n) is 6.06. The van der Waals surface area contributed by atoms with Gasteiger partial charge in [-0.3, -0.25) is 19.1 Å². The van der Waals surface area contributed by atoms with Gasteiger partial charge in [-0.25, -0.2) is 4.98 Å². The van der Waals surface area contributed by atoms with E-state index >= 15 is 0 Å². The van der Waals surface area contributed by atoms with E-state index in [2.05, 4.69) is 22.3 Å². The summed E-state index contributed by atoms with van der Waals surface area (Å²) < 4.78 is 1.57. The lowest BCUT2D eigenvalue weighted by Gasteiger charge is -2.29. The molecule has 3 aromatic rings. The van der Waals surface area contributed by atoms with Crippen LogP contribution >= 0.6 is 0 Å². The van der Waals surface area contributed by atoms with Crippen molar-refractivity contribution in [3.05, 3.63) is 98.7 Å². The molecule has 1 amide bonds. The number of aryl methyl sites for hydroxylation is 1. The Balaban J connectivity index is 1.53. The van der Waals surface area contributed by atoms with Gasteiger partial charge in [-0.15, -0.1) is 0 Å². The maximum Gasteiger partial charge on any atom is 0.258 e. The van der Waals surface area contributed by atoms with Gasteiger partial charge >= 0.3 is 0 Å². The minimum Gasteiger partial charge on any atom is -0.350 e. The van der Waals surface area contributed by atoms with Crippen molar-refractivity contribution < 1.29 is 4.79 Å². The first kappa shape index (κ1) is 22.9. The van der Waals surface area contributed by atoms with Gasteiger partial charge in [0.05, 0.1) is 11.3 Å². The number of amides is 1. The Hall–Kier alpha value is -3.25. The molecule has 1 aliphatic rings. The molecule has 0 unspecified atom stereocenters. The average molecular weight is 445 g/mol. The van der Waals surface area contributed by atoms with E-state index in [0.717, 1.165) is 36.3 Å². The number of hydrogen-bond donors (Lipinski definition) is 1. The summed E-state index contributed by atoms with van der Waals surface area (Å²) in [4.78, 5) is 33.4. The van der Waals surface area contributed by atoms with E-state index in [9.17, 15) is 9.59 Å². The van der Waals surface area contributed by atoms with E-state index in [4.69, 9.17) is 4.98 Å². The topological polar surface area (TPSA) is 67.2 Å². The van der Waals surface area contributed by atoms with Gasteiger partial charge in [0, 0.05) is 38.5 Å². The molecule has 2 aromatic carbocycles. The van der Waals surface area contributed by atoms with Gasteiger partial charge in [0.2, 0.25) is 5.91 Å². The highest BCUT2D eigenvalue weighted by Crippen LogP contribution is 2.20. The zero-order valence-corrected chi connectivity index (χ0v) is 19.7. The lowest BCUT2D eigenvalue weighted by molar-refractivity contribution is -0.121. The first-order chi connectivity index (χ1) is 15.9. The Morgan fingerprint density at radius 3 is 2.58 bits per heavy atom. The van der Waals surface area contributed by atoms with Crippen molar-refractivity contribution in [3.8, 4) is 0 Å². The molecular weight excluding hydrogens is 412 g/mol. The Morgan fingerprint density at radius 2 is 1.85 bits per heavy atom. The fourth-order valence-electron chi connectivity index (χ4n) is 4.38. The molecule has 0 fully saturated rings. The third kappa shape index (κ3) is 5.57. The molecule has 33 heavy (non-hydrogen) atoms. The first-order valence-corrected chi connectivity index (χ1v) is 11.6. The summed E-state index contributed by atoms with van der Waals surface area (Å²) in [5.74, 6) is 0.551. The summed E-state index contributed by atoms with van der Waals surface area (Å²) in [6, 6.07) is 18.3. The van der Waals surface area contributed by atoms with Crippen molar-refractivity contribution in [1.82, 2.24) is 19.8 Å². The van der Waals surface area contributed by atoms with E-state index in [1.54, 1.807) is 4.57 Å². The van der Waals surface area contributed by atoms with E-state index in [1.807, 2.05) is 63.2 Å². The van der Waals surface area contributed by atoms with E-state index < -0.39 is 0 Å². The van der Waals surface area contributed by atoms with Crippen molar-refractivity contribution in [3.63, 3.8) is 0 Å². The zero-order chi connectivity index (χ0) is 23.4. The fraction of sp³-hybridized carbons (Fsp3) is 0.370. The van der Waals surface area contributed by atoms with E-state index in [1.165, 1.54) is 5.56 Å². The van der Waals surface area contributed by atoms with Crippen LogP contribution in [0.5, 0.6) is 0 Å². The average Bonchev–Trinajstić information content (AvgIpc) is 2.80. The quantitative estimate of drug-likeness (QED) is 0.605. The first-order valence-electron chi connectivity index (χ1n) is 11.6. The van der Waals surface area contributed by atoms with E-state index in [-0.39, 0.29) is 23.9 Å². The Kier molecular flexibility index (Phi) is 7.04. The number of aromatic nitrogens is 2. The highest BCUT2D eigenvalue weighted by atomic mass is 16.2. The van der Waals surface area contributed by atoms with Crippen molar-refractivity contribution in [2.75, 3.05) is 6.54 Å². The molecule has 4 rings (SSSR count). The number of nitrogens with one attached hydrogen (secondary N) is 1. The summed E-state index contributed by atoms with van der Waals surface area (Å²) in [6.45, 7) is 8.70. The minimum absolute atomic E-state index is 0.0167. The van der Waals surface area contributed by atoms with Crippen LogP contribution in [0.3, 0.4) is 0 Å². The number of hydrogen-bond acceptors (Lipinski definition) is 4. The molecule has 1 N–H and O–H groups in total. The van der Waals surface area contributed by atoms with Crippen LogP contribution < -0.4 is 10.9 Å². The minimum atomic E-state index is -0.181. The predicted molar refractivity (Wildman–Crippen MR) is 130 cm³/mol. The molecule has 0 saturated heterocycles. The number of rotatable bonds is 7. The molecular formula is C27H32N4O2. The van der Waals surface area contributed by atoms with Crippen molar-refractivity contribution >= 4 is 5.91 Å². The monoisotopic (exact) mass is 444 g/mol. The Bertz CT molecular complexity index is 1180. The molecule has 0 bridgehead atoms. The molecule has 2 heterocycles. The summed E-state index contributed by atoms with van der Waals surface area (Å²) in [6.07, 6.45) is 0.748. The lowest BCUT2D eigenvalue weighted by atomic mass is 10.0. The van der Waals surface area contributed by atoms with Crippen LogP contribution in [0.15, 0.2) is 59.4 Å². The Labute approximate surface area is 195 Å². The normalized spacial score (nSPS) is 13.7.